The number of likely N-dealkylation sites (N-methyl/N-ethyl adjacent to an activating group) is 1. The second-order valence-electron chi connectivity index (χ2n) is 7.68. The van der Waals surface area contributed by atoms with E-state index in [0.717, 1.165) is 29.5 Å². The predicted octanol–water partition coefficient (Wildman–Crippen LogP) is 3.11. The van der Waals surface area contributed by atoms with Gasteiger partial charge in [-0.2, -0.15) is 0 Å². The Morgan fingerprint density at radius 2 is 2.04 bits per heavy atom. The summed E-state index contributed by atoms with van der Waals surface area (Å²) in [5.41, 5.74) is 2.84. The molecule has 0 amide bonds. The molecule has 1 aliphatic rings. The lowest BCUT2D eigenvalue weighted by Gasteiger charge is -2.23. The Morgan fingerprint density at radius 3 is 2.81 bits per heavy atom. The third kappa shape index (κ3) is 3.33. The van der Waals surface area contributed by atoms with Crippen LogP contribution in [0.3, 0.4) is 0 Å². The second-order valence-corrected chi connectivity index (χ2v) is 8.76. The number of quaternary nitrogens is 1. The second kappa shape index (κ2) is 7.33. The van der Waals surface area contributed by atoms with Gasteiger partial charge in [-0.05, 0) is 30.7 Å². The van der Waals surface area contributed by atoms with Crippen molar-refractivity contribution in [2.75, 3.05) is 26.0 Å². The third-order valence-electron chi connectivity index (χ3n) is 5.46. The molecular formula is C21H27N4S+. The number of benzene rings is 1. The van der Waals surface area contributed by atoms with E-state index in [1.807, 2.05) is 11.3 Å². The fourth-order valence-corrected chi connectivity index (χ4v) is 5.30. The summed E-state index contributed by atoms with van der Waals surface area (Å²) in [5.74, 6) is 1.78. The lowest BCUT2D eigenvalue weighted by molar-refractivity contribution is -0.890. The molecule has 26 heavy (non-hydrogen) atoms. The molecule has 2 atom stereocenters. The minimum Gasteiger partial charge on any atom is -0.363 e. The summed E-state index contributed by atoms with van der Waals surface area (Å²) in [6.45, 7) is 3.21. The summed E-state index contributed by atoms with van der Waals surface area (Å²) in [7, 11) is 4.42. The van der Waals surface area contributed by atoms with Gasteiger partial charge in [0.1, 0.15) is 23.0 Å². The molecule has 1 aromatic carbocycles. The van der Waals surface area contributed by atoms with Crippen LogP contribution in [-0.4, -0.2) is 30.6 Å². The summed E-state index contributed by atoms with van der Waals surface area (Å²) in [6.07, 6.45) is 5.31. The minimum absolute atomic E-state index is 0.385. The highest BCUT2D eigenvalue weighted by Gasteiger charge is 2.24. The van der Waals surface area contributed by atoms with Crippen LogP contribution in [0.1, 0.15) is 35.4 Å². The molecule has 0 saturated heterocycles. The zero-order valence-electron chi connectivity index (χ0n) is 15.7. The Hall–Kier alpha value is -1.98. The largest absolute Gasteiger partial charge is 0.363 e. The Balaban J connectivity index is 1.63. The van der Waals surface area contributed by atoms with E-state index in [-0.39, 0.29) is 0 Å². The first-order valence-corrected chi connectivity index (χ1v) is 10.3. The van der Waals surface area contributed by atoms with Gasteiger partial charge in [-0.15, -0.1) is 11.3 Å². The minimum atomic E-state index is 0.385. The number of nitrogens with one attached hydrogen (secondary N) is 2. The first-order chi connectivity index (χ1) is 12.6. The quantitative estimate of drug-likeness (QED) is 0.728. The first-order valence-electron chi connectivity index (χ1n) is 9.47. The van der Waals surface area contributed by atoms with E-state index in [1.54, 1.807) is 6.33 Å². The smallest absolute Gasteiger partial charge is 0.138 e. The number of rotatable bonds is 5. The molecule has 1 aliphatic carbocycles. The molecule has 0 radical (unpaired) electrons. The predicted molar refractivity (Wildman–Crippen MR) is 109 cm³/mol. The van der Waals surface area contributed by atoms with Gasteiger partial charge >= 0.3 is 0 Å². The van der Waals surface area contributed by atoms with Crippen LogP contribution < -0.4 is 10.2 Å². The third-order valence-corrected chi connectivity index (χ3v) is 6.63. The van der Waals surface area contributed by atoms with Gasteiger partial charge in [-0.25, -0.2) is 9.97 Å². The highest BCUT2D eigenvalue weighted by molar-refractivity contribution is 7.19. The average molecular weight is 368 g/mol. The number of hydrogen-bond acceptors (Lipinski definition) is 4. The Bertz CT molecular complexity index is 888. The van der Waals surface area contributed by atoms with E-state index < -0.39 is 0 Å². The maximum Gasteiger partial charge on any atom is 0.138 e. The van der Waals surface area contributed by atoms with Crippen molar-refractivity contribution < 1.29 is 4.90 Å². The van der Waals surface area contributed by atoms with Crippen molar-refractivity contribution in [3.05, 3.63) is 52.7 Å². The zero-order chi connectivity index (χ0) is 18.1. The van der Waals surface area contributed by atoms with Crippen molar-refractivity contribution in [1.29, 1.82) is 0 Å². The number of nitrogens with zero attached hydrogens (tertiary/aromatic N) is 2. The molecule has 136 valence electrons. The summed E-state index contributed by atoms with van der Waals surface area (Å²) < 4.78 is 0. The van der Waals surface area contributed by atoms with Gasteiger partial charge in [-0.1, -0.05) is 37.3 Å². The maximum absolute atomic E-state index is 4.61. The highest BCUT2D eigenvalue weighted by Crippen LogP contribution is 2.39. The van der Waals surface area contributed by atoms with E-state index in [2.05, 4.69) is 66.6 Å². The van der Waals surface area contributed by atoms with Crippen molar-refractivity contribution in [3.63, 3.8) is 0 Å². The van der Waals surface area contributed by atoms with Gasteiger partial charge in [0, 0.05) is 10.4 Å². The standard InChI is InChI=1S/C21H26N4S/c1-14-9-10-16-18(11-14)26-21-19(16)20(23-13-24-21)22-12-17(25(2)3)15-7-5-4-6-8-15/h4-8,13-14,17H,9-12H2,1-3H3,(H,22,23,24)/p+1/t14-,17-/m0/s1. The van der Waals surface area contributed by atoms with Crippen molar-refractivity contribution in [2.24, 2.45) is 5.92 Å². The molecule has 2 heterocycles. The Kier molecular flexibility index (Phi) is 4.92. The molecule has 0 bridgehead atoms. The van der Waals surface area contributed by atoms with E-state index in [9.17, 15) is 0 Å². The van der Waals surface area contributed by atoms with Crippen LogP contribution in [0.4, 0.5) is 5.82 Å². The lowest BCUT2D eigenvalue weighted by atomic mass is 9.89. The van der Waals surface area contributed by atoms with Gasteiger partial charge in [0.25, 0.3) is 0 Å². The first kappa shape index (κ1) is 17.4. The fraction of sp³-hybridized carbons (Fsp3) is 0.429. The number of anilines is 1. The van der Waals surface area contributed by atoms with Crippen LogP contribution in [0.15, 0.2) is 36.7 Å². The van der Waals surface area contributed by atoms with Crippen LogP contribution in [0.2, 0.25) is 0 Å². The summed E-state index contributed by atoms with van der Waals surface area (Å²) in [5, 5.41) is 4.91. The monoisotopic (exact) mass is 367 g/mol. The molecule has 2 N–H and O–H groups in total. The molecular weight excluding hydrogens is 340 g/mol. The zero-order valence-corrected chi connectivity index (χ0v) is 16.6. The lowest BCUT2D eigenvalue weighted by Crippen LogP contribution is -3.06. The Morgan fingerprint density at radius 1 is 1.23 bits per heavy atom. The normalized spacial score (nSPS) is 18.1. The van der Waals surface area contributed by atoms with Gasteiger partial charge in [-0.3, -0.25) is 0 Å². The molecule has 2 aromatic heterocycles. The SMILES string of the molecule is C[C@H]1CCc2c(sc3ncnc(NC[C@@H](c4ccccc4)[NH+](C)C)c23)C1. The van der Waals surface area contributed by atoms with Gasteiger partial charge in [0.05, 0.1) is 26.0 Å². The van der Waals surface area contributed by atoms with E-state index in [4.69, 9.17) is 0 Å². The van der Waals surface area contributed by atoms with E-state index >= 15 is 0 Å². The van der Waals surface area contributed by atoms with E-state index in [1.165, 1.54) is 39.1 Å². The van der Waals surface area contributed by atoms with Crippen molar-refractivity contribution >= 4 is 27.4 Å². The number of fused-ring (bicyclic) bond motifs is 3. The molecule has 0 spiro atoms. The molecule has 4 nitrogen and oxygen atoms in total. The Labute approximate surface area is 159 Å². The van der Waals surface area contributed by atoms with Crippen molar-refractivity contribution in [2.45, 2.75) is 32.2 Å². The van der Waals surface area contributed by atoms with Crippen LogP contribution in [0.25, 0.3) is 10.2 Å². The molecule has 0 saturated carbocycles. The van der Waals surface area contributed by atoms with Gasteiger partial charge < -0.3 is 10.2 Å². The highest BCUT2D eigenvalue weighted by atomic mass is 32.1. The number of hydrogen-bond donors (Lipinski definition) is 2. The van der Waals surface area contributed by atoms with Gasteiger partial charge in [0.2, 0.25) is 0 Å². The molecule has 0 fully saturated rings. The topological polar surface area (TPSA) is 42.2 Å². The van der Waals surface area contributed by atoms with E-state index in [0.29, 0.717) is 6.04 Å². The van der Waals surface area contributed by atoms with Crippen molar-refractivity contribution in [3.8, 4) is 0 Å². The average Bonchev–Trinajstić information content (AvgIpc) is 3.00. The molecule has 0 aliphatic heterocycles. The van der Waals surface area contributed by atoms with Crippen molar-refractivity contribution in [1.82, 2.24) is 9.97 Å². The summed E-state index contributed by atoms with van der Waals surface area (Å²) in [6, 6.07) is 11.1. The van der Waals surface area contributed by atoms with Crippen LogP contribution in [0.5, 0.6) is 0 Å². The molecule has 0 unspecified atom stereocenters. The van der Waals surface area contributed by atoms with Crippen LogP contribution in [-0.2, 0) is 12.8 Å². The number of thiophene rings is 1. The van der Waals surface area contributed by atoms with Crippen LogP contribution in [0, 0.1) is 5.92 Å². The fourth-order valence-electron chi connectivity index (χ4n) is 3.95. The number of aryl methyl sites for hydroxylation is 1. The summed E-state index contributed by atoms with van der Waals surface area (Å²) in [4.78, 5) is 13.2. The molecule has 3 aromatic rings. The number of aromatic nitrogens is 2. The van der Waals surface area contributed by atoms with Gasteiger partial charge in [0.15, 0.2) is 0 Å². The summed E-state index contributed by atoms with van der Waals surface area (Å²) >= 11 is 1.86. The maximum atomic E-state index is 4.61. The molecule has 5 heteroatoms. The molecule has 4 rings (SSSR count). The van der Waals surface area contributed by atoms with Crippen LogP contribution >= 0.6 is 11.3 Å².